The maximum Gasteiger partial charge on any atom is 0.263 e. The fourth-order valence-corrected chi connectivity index (χ4v) is 0.889. The van der Waals surface area contributed by atoms with Crippen molar-refractivity contribution >= 4 is 0 Å². The van der Waals surface area contributed by atoms with Gasteiger partial charge in [-0.05, 0) is 6.07 Å². The van der Waals surface area contributed by atoms with Crippen molar-refractivity contribution in [2.75, 3.05) is 0 Å². The molecule has 0 amide bonds. The number of rotatable bonds is 2. The van der Waals surface area contributed by atoms with Gasteiger partial charge in [-0.2, -0.15) is 0 Å². The van der Waals surface area contributed by atoms with Gasteiger partial charge in [-0.15, -0.1) is 0 Å². The summed E-state index contributed by atoms with van der Waals surface area (Å²) in [5, 5.41) is 9.13. The third kappa shape index (κ3) is 1.71. The van der Waals surface area contributed by atoms with Crippen LogP contribution >= 0.6 is 0 Å². The van der Waals surface area contributed by atoms with E-state index in [0.29, 0.717) is 5.56 Å². The van der Waals surface area contributed by atoms with E-state index >= 15 is 0 Å². The SMILES string of the molecule is NCc1ccc(C(F)F)cc1O. The molecule has 2 nitrogen and oxygen atoms in total. The molecule has 0 radical (unpaired) electrons. The Morgan fingerprint density at radius 2 is 2.08 bits per heavy atom. The minimum atomic E-state index is -2.55. The van der Waals surface area contributed by atoms with E-state index in [1.807, 2.05) is 0 Å². The summed E-state index contributed by atoms with van der Waals surface area (Å²) in [6, 6.07) is 3.69. The summed E-state index contributed by atoms with van der Waals surface area (Å²) < 4.78 is 24.1. The van der Waals surface area contributed by atoms with Crippen LogP contribution in [-0.2, 0) is 6.54 Å². The van der Waals surface area contributed by atoms with Crippen LogP contribution in [0.1, 0.15) is 17.6 Å². The van der Waals surface area contributed by atoms with Gasteiger partial charge in [-0.3, -0.25) is 0 Å². The Morgan fingerprint density at radius 3 is 2.50 bits per heavy atom. The maximum atomic E-state index is 12.0. The molecule has 0 spiro atoms. The number of halogens is 2. The van der Waals surface area contributed by atoms with Crippen LogP contribution in [0.2, 0.25) is 0 Å². The van der Waals surface area contributed by atoms with Crippen molar-refractivity contribution in [3.8, 4) is 5.75 Å². The zero-order valence-electron chi connectivity index (χ0n) is 6.30. The minimum Gasteiger partial charge on any atom is -0.508 e. The zero-order chi connectivity index (χ0) is 9.14. The molecule has 0 aliphatic carbocycles. The van der Waals surface area contributed by atoms with Crippen molar-refractivity contribution in [1.82, 2.24) is 0 Å². The molecule has 0 saturated carbocycles. The molecular weight excluding hydrogens is 164 g/mol. The lowest BCUT2D eigenvalue weighted by Crippen LogP contribution is -1.97. The highest BCUT2D eigenvalue weighted by molar-refractivity contribution is 5.36. The van der Waals surface area contributed by atoms with E-state index in [-0.39, 0.29) is 17.9 Å². The second kappa shape index (κ2) is 3.49. The summed E-state index contributed by atoms with van der Waals surface area (Å²) in [5.41, 5.74) is 5.51. The summed E-state index contributed by atoms with van der Waals surface area (Å²) in [7, 11) is 0. The van der Waals surface area contributed by atoms with E-state index < -0.39 is 6.43 Å². The molecule has 0 aliphatic rings. The molecule has 4 heteroatoms. The molecule has 0 bridgehead atoms. The summed E-state index contributed by atoms with van der Waals surface area (Å²) in [6.07, 6.45) is -2.55. The highest BCUT2D eigenvalue weighted by Gasteiger charge is 2.08. The number of hydrogen-bond donors (Lipinski definition) is 2. The monoisotopic (exact) mass is 173 g/mol. The Morgan fingerprint density at radius 1 is 1.42 bits per heavy atom. The van der Waals surface area contributed by atoms with Crippen molar-refractivity contribution in [2.45, 2.75) is 13.0 Å². The fraction of sp³-hybridized carbons (Fsp3) is 0.250. The first-order valence-electron chi connectivity index (χ1n) is 3.45. The van der Waals surface area contributed by atoms with Gasteiger partial charge in [0.05, 0.1) is 0 Å². The van der Waals surface area contributed by atoms with Crippen LogP contribution < -0.4 is 5.73 Å². The van der Waals surface area contributed by atoms with Crippen LogP contribution in [0.15, 0.2) is 18.2 Å². The zero-order valence-corrected chi connectivity index (χ0v) is 6.30. The summed E-state index contributed by atoms with van der Waals surface area (Å²) >= 11 is 0. The molecule has 0 aromatic heterocycles. The first-order valence-corrected chi connectivity index (χ1v) is 3.45. The Hall–Kier alpha value is -1.16. The first kappa shape index (κ1) is 8.93. The molecule has 3 N–H and O–H groups in total. The molecule has 0 aliphatic heterocycles. The number of aromatic hydroxyl groups is 1. The molecule has 1 aromatic carbocycles. The average molecular weight is 173 g/mol. The Labute approximate surface area is 68.6 Å². The first-order chi connectivity index (χ1) is 5.65. The van der Waals surface area contributed by atoms with Crippen LogP contribution in [0.3, 0.4) is 0 Å². The number of nitrogens with two attached hydrogens (primary N) is 1. The van der Waals surface area contributed by atoms with Gasteiger partial charge in [-0.25, -0.2) is 8.78 Å². The molecule has 0 heterocycles. The van der Waals surface area contributed by atoms with E-state index in [4.69, 9.17) is 10.8 Å². The summed E-state index contributed by atoms with van der Waals surface area (Å²) in [4.78, 5) is 0. The van der Waals surface area contributed by atoms with Crippen LogP contribution in [0, 0.1) is 0 Å². The lowest BCUT2D eigenvalue weighted by atomic mass is 10.1. The molecule has 1 aromatic rings. The van der Waals surface area contributed by atoms with Crippen LogP contribution in [-0.4, -0.2) is 5.11 Å². The van der Waals surface area contributed by atoms with E-state index in [0.717, 1.165) is 6.07 Å². The Bertz CT molecular complexity index is 276. The topological polar surface area (TPSA) is 46.2 Å². The predicted molar refractivity (Wildman–Crippen MR) is 41.0 cm³/mol. The molecule has 66 valence electrons. The highest BCUT2D eigenvalue weighted by atomic mass is 19.3. The van der Waals surface area contributed by atoms with Gasteiger partial charge in [0.1, 0.15) is 5.75 Å². The fourth-order valence-electron chi connectivity index (χ4n) is 0.889. The van der Waals surface area contributed by atoms with Gasteiger partial charge in [0.25, 0.3) is 6.43 Å². The standard InChI is InChI=1S/C8H9F2NO/c9-8(10)5-1-2-6(4-11)7(12)3-5/h1-3,8,12H,4,11H2. The van der Waals surface area contributed by atoms with Crippen LogP contribution in [0.5, 0.6) is 5.75 Å². The number of alkyl halides is 2. The van der Waals surface area contributed by atoms with Crippen molar-refractivity contribution in [1.29, 1.82) is 0 Å². The average Bonchev–Trinajstić information content (AvgIpc) is 2.04. The van der Waals surface area contributed by atoms with Crippen molar-refractivity contribution in [3.05, 3.63) is 29.3 Å². The van der Waals surface area contributed by atoms with Gasteiger partial charge < -0.3 is 10.8 Å². The van der Waals surface area contributed by atoms with Gasteiger partial charge in [0.15, 0.2) is 0 Å². The van der Waals surface area contributed by atoms with E-state index in [9.17, 15) is 8.78 Å². The second-order valence-electron chi connectivity index (χ2n) is 2.39. The van der Waals surface area contributed by atoms with Crippen LogP contribution in [0.25, 0.3) is 0 Å². The molecule has 0 saturated heterocycles. The van der Waals surface area contributed by atoms with Crippen molar-refractivity contribution in [3.63, 3.8) is 0 Å². The number of phenols is 1. The highest BCUT2D eigenvalue weighted by Crippen LogP contribution is 2.25. The molecule has 12 heavy (non-hydrogen) atoms. The van der Waals surface area contributed by atoms with Crippen molar-refractivity contribution in [2.24, 2.45) is 5.73 Å². The van der Waals surface area contributed by atoms with E-state index in [1.165, 1.54) is 12.1 Å². The number of hydrogen-bond acceptors (Lipinski definition) is 2. The molecule has 0 unspecified atom stereocenters. The second-order valence-corrected chi connectivity index (χ2v) is 2.39. The number of benzene rings is 1. The van der Waals surface area contributed by atoms with Crippen LogP contribution in [0.4, 0.5) is 8.78 Å². The predicted octanol–water partition coefficient (Wildman–Crippen LogP) is 1.79. The van der Waals surface area contributed by atoms with Gasteiger partial charge >= 0.3 is 0 Å². The molecular formula is C8H9F2NO. The van der Waals surface area contributed by atoms with Crippen molar-refractivity contribution < 1.29 is 13.9 Å². The minimum absolute atomic E-state index is 0.148. The van der Waals surface area contributed by atoms with E-state index in [1.54, 1.807) is 0 Å². The lowest BCUT2D eigenvalue weighted by molar-refractivity contribution is 0.151. The lowest BCUT2D eigenvalue weighted by Gasteiger charge is -2.03. The third-order valence-electron chi connectivity index (χ3n) is 1.58. The summed E-state index contributed by atoms with van der Waals surface area (Å²) in [5.74, 6) is -0.171. The molecule has 1 rings (SSSR count). The normalized spacial score (nSPS) is 10.7. The molecule has 0 fully saturated rings. The quantitative estimate of drug-likeness (QED) is 0.716. The Balaban J connectivity index is 3.02. The van der Waals surface area contributed by atoms with Gasteiger partial charge in [0.2, 0.25) is 0 Å². The third-order valence-corrected chi connectivity index (χ3v) is 1.58. The maximum absolute atomic E-state index is 12.0. The Kier molecular flexibility index (Phi) is 2.60. The number of phenolic OH excluding ortho intramolecular Hbond substituents is 1. The van der Waals surface area contributed by atoms with E-state index in [2.05, 4.69) is 0 Å². The van der Waals surface area contributed by atoms with Gasteiger partial charge in [0, 0.05) is 17.7 Å². The van der Waals surface area contributed by atoms with Gasteiger partial charge in [-0.1, -0.05) is 12.1 Å². The largest absolute Gasteiger partial charge is 0.508 e. The molecule has 0 atom stereocenters. The smallest absolute Gasteiger partial charge is 0.263 e. The summed E-state index contributed by atoms with van der Waals surface area (Å²) in [6.45, 7) is 0.148.